The highest BCUT2D eigenvalue weighted by molar-refractivity contribution is 7.47. The SMILES string of the molecule is CC(=O)N[C@H]1C([C@H](O)[C@H](O)CN=[N+]=[N-])O[C@](OP(=O)(O)OC[C@@H]2O[C@H](n3ccc(N)nc3=O)[C@@H](O)[C@H]2O)(C(=O)O)C[C@H]1O. The van der Waals surface area contributed by atoms with Crippen LogP contribution < -0.4 is 16.7 Å². The molecule has 1 aromatic heterocycles. The van der Waals surface area contributed by atoms with Gasteiger partial charge in [0.25, 0.3) is 5.79 Å². The molecule has 3 rings (SSSR count). The topological polar surface area (TPSA) is 351 Å². The molecule has 0 saturated carbocycles. The van der Waals surface area contributed by atoms with Gasteiger partial charge in [-0.15, -0.1) is 0 Å². The number of anilines is 1. The fraction of sp³-hybridized carbons (Fsp3) is 0.700. The van der Waals surface area contributed by atoms with Crippen LogP contribution in [0.2, 0.25) is 0 Å². The van der Waals surface area contributed by atoms with Crippen molar-refractivity contribution >= 4 is 25.5 Å². The van der Waals surface area contributed by atoms with Crippen LogP contribution in [0.4, 0.5) is 5.82 Å². The van der Waals surface area contributed by atoms with Gasteiger partial charge in [0, 0.05) is 24.5 Å². The minimum atomic E-state index is -5.54. The number of carbonyl (C=O) groups excluding carboxylic acids is 1. The average molecular weight is 639 g/mol. The molecule has 2 aliphatic rings. The van der Waals surface area contributed by atoms with Crippen LogP contribution in [0.1, 0.15) is 19.6 Å². The largest absolute Gasteiger partial charge is 0.477 e. The quantitative estimate of drug-likeness (QED) is 0.0456. The Labute approximate surface area is 240 Å². The molecule has 2 aliphatic heterocycles. The van der Waals surface area contributed by atoms with Crippen LogP contribution in [-0.2, 0) is 32.7 Å². The van der Waals surface area contributed by atoms with Crippen molar-refractivity contribution < 1.29 is 68.2 Å². The van der Waals surface area contributed by atoms with Gasteiger partial charge in [0.05, 0.1) is 31.4 Å². The highest BCUT2D eigenvalue weighted by Gasteiger charge is 2.59. The van der Waals surface area contributed by atoms with E-state index in [4.69, 9.17) is 29.8 Å². The second kappa shape index (κ2) is 13.6. The third-order valence-electron chi connectivity index (χ3n) is 6.46. The van der Waals surface area contributed by atoms with E-state index in [9.17, 15) is 54.5 Å². The lowest BCUT2D eigenvalue weighted by Crippen LogP contribution is -2.67. The summed E-state index contributed by atoms with van der Waals surface area (Å²) in [6, 6.07) is -0.390. The van der Waals surface area contributed by atoms with Crippen molar-refractivity contribution in [2.75, 3.05) is 18.9 Å². The van der Waals surface area contributed by atoms with Crippen molar-refractivity contribution in [1.29, 1.82) is 0 Å². The van der Waals surface area contributed by atoms with Crippen molar-refractivity contribution in [2.45, 2.75) is 74.1 Å². The number of carboxylic acid groups (broad SMARTS) is 1. The number of amides is 1. The molecule has 2 saturated heterocycles. The molecule has 10 N–H and O–H groups in total. The second-order valence-corrected chi connectivity index (χ2v) is 10.9. The zero-order valence-electron chi connectivity index (χ0n) is 22.1. The molecule has 43 heavy (non-hydrogen) atoms. The number of hydrogen-bond donors (Lipinski definition) is 9. The number of aliphatic hydroxyl groups is 5. The van der Waals surface area contributed by atoms with E-state index >= 15 is 0 Å². The summed E-state index contributed by atoms with van der Waals surface area (Å²) >= 11 is 0. The van der Waals surface area contributed by atoms with Gasteiger partial charge >= 0.3 is 19.5 Å². The maximum Gasteiger partial charge on any atom is 0.475 e. The van der Waals surface area contributed by atoms with Gasteiger partial charge < -0.3 is 56.1 Å². The van der Waals surface area contributed by atoms with Gasteiger partial charge in [-0.3, -0.25) is 13.9 Å². The molecule has 0 radical (unpaired) electrons. The van der Waals surface area contributed by atoms with E-state index in [0.29, 0.717) is 0 Å². The van der Waals surface area contributed by atoms with Crippen LogP contribution in [-0.4, -0.2) is 125 Å². The number of carboxylic acids is 1. The molecule has 1 amide bonds. The number of aromatic nitrogens is 2. The van der Waals surface area contributed by atoms with E-state index in [1.54, 1.807) is 0 Å². The predicted molar refractivity (Wildman–Crippen MR) is 135 cm³/mol. The minimum absolute atomic E-state index is 0.140. The van der Waals surface area contributed by atoms with Gasteiger partial charge in [0.2, 0.25) is 5.91 Å². The molecule has 2 fully saturated rings. The van der Waals surface area contributed by atoms with Gasteiger partial charge in [-0.1, -0.05) is 5.11 Å². The number of rotatable bonds is 12. The van der Waals surface area contributed by atoms with E-state index in [0.717, 1.165) is 17.7 Å². The van der Waals surface area contributed by atoms with Crippen molar-refractivity contribution in [3.63, 3.8) is 0 Å². The Morgan fingerprint density at radius 2 is 2.05 bits per heavy atom. The number of phosphoric ester groups is 1. The first-order chi connectivity index (χ1) is 20.0. The molecule has 0 aromatic carbocycles. The fourth-order valence-corrected chi connectivity index (χ4v) is 5.39. The maximum absolute atomic E-state index is 12.9. The maximum atomic E-state index is 12.9. The zero-order valence-corrected chi connectivity index (χ0v) is 23.0. The summed E-state index contributed by atoms with van der Waals surface area (Å²) in [5.74, 6) is -6.25. The number of azide groups is 1. The first-order valence-electron chi connectivity index (χ1n) is 12.3. The van der Waals surface area contributed by atoms with Crippen LogP contribution in [0.15, 0.2) is 22.2 Å². The van der Waals surface area contributed by atoms with Crippen LogP contribution >= 0.6 is 7.82 Å². The third-order valence-corrected chi connectivity index (χ3v) is 7.46. The number of ether oxygens (including phenoxy) is 2. The third kappa shape index (κ3) is 7.84. The molecule has 11 atom stereocenters. The summed E-state index contributed by atoms with van der Waals surface area (Å²) in [4.78, 5) is 52.3. The second-order valence-electron chi connectivity index (χ2n) is 9.55. The number of nitrogen functional groups attached to an aromatic ring is 1. The number of nitrogens with zero attached hydrogens (tertiary/aromatic N) is 5. The van der Waals surface area contributed by atoms with Gasteiger partial charge in [-0.05, 0) is 11.6 Å². The Bertz CT molecular complexity index is 1340. The highest BCUT2D eigenvalue weighted by atomic mass is 31.2. The van der Waals surface area contributed by atoms with E-state index in [1.807, 2.05) is 0 Å². The van der Waals surface area contributed by atoms with Gasteiger partial charge in [0.15, 0.2) is 6.23 Å². The van der Waals surface area contributed by atoms with Gasteiger partial charge in [0.1, 0.15) is 36.3 Å². The van der Waals surface area contributed by atoms with Crippen LogP contribution in [0.3, 0.4) is 0 Å². The summed E-state index contributed by atoms with van der Waals surface area (Å²) in [5.41, 5.74) is 12.9. The molecule has 23 heteroatoms. The Morgan fingerprint density at radius 3 is 2.63 bits per heavy atom. The lowest BCUT2D eigenvalue weighted by molar-refractivity contribution is -0.287. The van der Waals surface area contributed by atoms with Crippen LogP contribution in [0, 0.1) is 0 Å². The number of hydrogen-bond acceptors (Lipinski definition) is 16. The molecule has 0 spiro atoms. The number of nitrogens with one attached hydrogen (secondary N) is 1. The summed E-state index contributed by atoms with van der Waals surface area (Å²) < 4.78 is 33.9. The molecule has 22 nitrogen and oxygen atoms in total. The zero-order chi connectivity index (χ0) is 32.3. The van der Waals surface area contributed by atoms with E-state index < -0.39 is 106 Å². The smallest absolute Gasteiger partial charge is 0.475 e. The summed E-state index contributed by atoms with van der Waals surface area (Å²) in [6.07, 6.45) is -14.7. The van der Waals surface area contributed by atoms with Crippen molar-refractivity contribution in [3.8, 4) is 0 Å². The minimum Gasteiger partial charge on any atom is -0.477 e. The van der Waals surface area contributed by atoms with E-state index in [1.165, 1.54) is 6.07 Å². The Kier molecular flexibility index (Phi) is 10.8. The molecule has 240 valence electrons. The first-order valence-corrected chi connectivity index (χ1v) is 13.8. The molecule has 1 aromatic rings. The molecule has 3 heterocycles. The summed E-state index contributed by atoms with van der Waals surface area (Å²) in [7, 11) is -5.54. The average Bonchev–Trinajstić information content (AvgIpc) is 3.19. The summed E-state index contributed by atoms with van der Waals surface area (Å²) in [5, 5.41) is 67.3. The van der Waals surface area contributed by atoms with Gasteiger partial charge in [-0.2, -0.15) is 4.98 Å². The lowest BCUT2D eigenvalue weighted by Gasteiger charge is -2.46. The highest BCUT2D eigenvalue weighted by Crippen LogP contribution is 2.51. The van der Waals surface area contributed by atoms with E-state index in [2.05, 4.69) is 20.3 Å². The van der Waals surface area contributed by atoms with Gasteiger partial charge in [-0.25, -0.2) is 18.7 Å². The van der Waals surface area contributed by atoms with Crippen molar-refractivity contribution in [2.24, 2.45) is 5.11 Å². The standard InChI is InChI=1S/C20H30N7O15P/c1-7(28)24-12-8(29)4-20(18(34)35,41-16(12)13(31)9(30)5-23-26-22)42-43(37,38)39-6-10-14(32)15(33)17(40-10)27-3-2-11(21)25-19(27)36/h2-3,8-10,12-17,29-33H,4-6H2,1H3,(H,24,28)(H,34,35)(H,37,38)(H2,21,25,36)/t8-,9-,10+,12-,13-,14+,15+,16?,17+,20-/m1/s1. The molecular formula is C20H30N7O15P. The monoisotopic (exact) mass is 639 g/mol. The fourth-order valence-electron chi connectivity index (χ4n) is 4.44. The number of aliphatic hydroxyl groups excluding tert-OH is 5. The first kappa shape index (κ1) is 34.3. The Balaban J connectivity index is 1.80. The normalized spacial score (nSPS) is 33.5. The van der Waals surface area contributed by atoms with Crippen molar-refractivity contribution in [1.82, 2.24) is 14.9 Å². The predicted octanol–water partition coefficient (Wildman–Crippen LogP) is -3.95. The number of aliphatic carboxylic acids is 1. The number of carbonyl (C=O) groups is 2. The molecule has 0 aliphatic carbocycles. The molecular weight excluding hydrogens is 609 g/mol. The molecule has 0 bridgehead atoms. The summed E-state index contributed by atoms with van der Waals surface area (Å²) in [6.45, 7) is -0.763. The number of nitrogens with two attached hydrogens (primary N) is 1. The van der Waals surface area contributed by atoms with E-state index in [-0.39, 0.29) is 5.82 Å². The lowest BCUT2D eigenvalue weighted by atomic mass is 9.88. The van der Waals surface area contributed by atoms with Crippen LogP contribution in [0.5, 0.6) is 0 Å². The van der Waals surface area contributed by atoms with Crippen LogP contribution in [0.25, 0.3) is 10.4 Å². The molecule has 2 unspecified atom stereocenters. The Hall–Kier alpha value is -3.24. The Morgan fingerprint density at radius 1 is 1.37 bits per heavy atom. The number of phosphoric acid groups is 1. The van der Waals surface area contributed by atoms with Crippen molar-refractivity contribution in [3.05, 3.63) is 33.2 Å².